The molecule has 0 bridgehead atoms. The van der Waals surface area contributed by atoms with Crippen LogP contribution in [-0.2, 0) is 14.9 Å². The number of hydrogen-bond acceptors (Lipinski definition) is 6. The van der Waals surface area contributed by atoms with E-state index >= 15 is 0 Å². The molecule has 0 aromatic heterocycles. The standard InChI is InChI=1S/C18H22F5NO5S.C7H15N/c1-18(2,3)28-17(25)24-8-4-6-10(24)7-5-9-30(26,27)29-16-14(22)12(20)11(19)13(21)15(16)23;1-2-8-6-4-3-5-7-8/h10H,4-9H2,1-3H3;2-7H2,1H3/t10-;/m0./s1. The number of likely N-dealkylation sites (tertiary alicyclic amines) is 2. The van der Waals surface area contributed by atoms with Crippen molar-refractivity contribution in [2.24, 2.45) is 0 Å². The number of halogens is 5. The lowest BCUT2D eigenvalue weighted by Gasteiger charge is -2.28. The molecule has 3 rings (SSSR count). The van der Waals surface area contributed by atoms with Gasteiger partial charge in [-0.15, -0.1) is 0 Å². The number of hydrogen-bond donors (Lipinski definition) is 0. The monoisotopic (exact) mass is 572 g/mol. The maximum Gasteiger partial charge on any atom is 0.410 e. The Balaban J connectivity index is 0.000000538. The minimum absolute atomic E-state index is 0.0678. The molecule has 0 spiro atoms. The van der Waals surface area contributed by atoms with Crippen LogP contribution >= 0.6 is 0 Å². The first-order valence-electron chi connectivity index (χ1n) is 12.8. The van der Waals surface area contributed by atoms with Crippen LogP contribution in [-0.4, -0.2) is 67.9 Å². The molecule has 1 aromatic carbocycles. The molecule has 2 fully saturated rings. The van der Waals surface area contributed by atoms with E-state index in [-0.39, 0.29) is 18.9 Å². The third-order valence-electron chi connectivity index (χ3n) is 6.21. The summed E-state index contributed by atoms with van der Waals surface area (Å²) >= 11 is 0. The van der Waals surface area contributed by atoms with Crippen molar-refractivity contribution in [1.29, 1.82) is 0 Å². The van der Waals surface area contributed by atoms with E-state index in [9.17, 15) is 35.2 Å². The van der Waals surface area contributed by atoms with Crippen LogP contribution in [0.2, 0.25) is 0 Å². The third kappa shape index (κ3) is 9.25. The average molecular weight is 573 g/mol. The van der Waals surface area contributed by atoms with Crippen molar-refractivity contribution in [2.45, 2.75) is 84.3 Å². The van der Waals surface area contributed by atoms with E-state index in [1.54, 1.807) is 20.8 Å². The van der Waals surface area contributed by atoms with Gasteiger partial charge in [0, 0.05) is 12.6 Å². The normalized spacial score (nSPS) is 18.7. The van der Waals surface area contributed by atoms with E-state index in [2.05, 4.69) is 16.0 Å². The van der Waals surface area contributed by atoms with Gasteiger partial charge in [0.05, 0.1) is 5.75 Å². The Kier molecular flexibility index (Phi) is 11.6. The summed E-state index contributed by atoms with van der Waals surface area (Å²) in [5, 5.41) is 0. The van der Waals surface area contributed by atoms with E-state index in [1.165, 1.54) is 43.8 Å². The zero-order valence-electron chi connectivity index (χ0n) is 22.3. The molecule has 2 heterocycles. The highest BCUT2D eigenvalue weighted by molar-refractivity contribution is 7.87. The predicted molar refractivity (Wildman–Crippen MR) is 132 cm³/mol. The van der Waals surface area contributed by atoms with Crippen LogP contribution in [0.3, 0.4) is 0 Å². The Hall–Kier alpha value is -2.15. The number of nitrogens with zero attached hydrogens (tertiary/aromatic N) is 2. The number of carbonyl (C=O) groups is 1. The largest absolute Gasteiger partial charge is 0.444 e. The lowest BCUT2D eigenvalue weighted by molar-refractivity contribution is 0.0220. The zero-order valence-corrected chi connectivity index (χ0v) is 23.1. The number of piperidine rings is 1. The van der Waals surface area contributed by atoms with Crippen LogP contribution in [0.25, 0.3) is 0 Å². The van der Waals surface area contributed by atoms with Gasteiger partial charge in [0.2, 0.25) is 34.8 Å². The third-order valence-corrected chi connectivity index (χ3v) is 7.42. The number of carbonyl (C=O) groups excluding carboxylic acids is 1. The van der Waals surface area contributed by atoms with Gasteiger partial charge in [0.25, 0.3) is 0 Å². The first-order chi connectivity index (χ1) is 17.7. The fourth-order valence-electron chi connectivity index (χ4n) is 4.29. The molecule has 0 radical (unpaired) electrons. The van der Waals surface area contributed by atoms with E-state index in [4.69, 9.17) is 4.74 Å². The summed E-state index contributed by atoms with van der Waals surface area (Å²) in [4.78, 5) is 16.2. The van der Waals surface area contributed by atoms with E-state index in [1.807, 2.05) is 0 Å². The van der Waals surface area contributed by atoms with Gasteiger partial charge in [-0.05, 0) is 78.9 Å². The lowest BCUT2D eigenvalue weighted by atomic mass is 10.1. The molecule has 38 heavy (non-hydrogen) atoms. The molecule has 0 saturated carbocycles. The predicted octanol–water partition coefficient (Wildman–Crippen LogP) is 5.76. The van der Waals surface area contributed by atoms with Gasteiger partial charge >= 0.3 is 16.2 Å². The molecule has 2 aliphatic heterocycles. The second kappa shape index (κ2) is 13.8. The molecule has 7 nitrogen and oxygen atoms in total. The second-order valence-corrected chi connectivity index (χ2v) is 12.0. The molecule has 1 atom stereocenters. The second-order valence-electron chi connectivity index (χ2n) is 10.4. The van der Waals surface area contributed by atoms with Gasteiger partial charge < -0.3 is 18.7 Å². The summed E-state index contributed by atoms with van der Waals surface area (Å²) in [5.74, 6) is -14.4. The van der Waals surface area contributed by atoms with Crippen molar-refractivity contribution in [3.8, 4) is 5.75 Å². The van der Waals surface area contributed by atoms with Crippen molar-refractivity contribution in [3.05, 3.63) is 29.1 Å². The highest BCUT2D eigenvalue weighted by Gasteiger charge is 2.33. The van der Waals surface area contributed by atoms with Crippen LogP contribution in [0.15, 0.2) is 0 Å². The van der Waals surface area contributed by atoms with Crippen LogP contribution in [0.5, 0.6) is 5.75 Å². The Morgan fingerprint density at radius 1 is 0.895 bits per heavy atom. The minimum Gasteiger partial charge on any atom is -0.444 e. The molecule has 0 unspecified atom stereocenters. The SMILES string of the molecule is CC(C)(C)OC(=O)N1CCC[C@H]1CCCS(=O)(=O)Oc1c(F)c(F)c(F)c(F)c1F.CCN1CCCCC1. The highest BCUT2D eigenvalue weighted by Crippen LogP contribution is 2.30. The van der Waals surface area contributed by atoms with Gasteiger partial charge in [0.1, 0.15) is 5.60 Å². The molecule has 13 heteroatoms. The molecular formula is C25H37F5N2O5S. The number of amides is 1. The fraction of sp³-hybridized carbons (Fsp3) is 0.720. The molecule has 1 amide bonds. The van der Waals surface area contributed by atoms with Crippen molar-refractivity contribution < 1.29 is 44.1 Å². The van der Waals surface area contributed by atoms with Crippen LogP contribution in [0.4, 0.5) is 26.7 Å². The van der Waals surface area contributed by atoms with Gasteiger partial charge in [-0.25, -0.2) is 18.0 Å². The van der Waals surface area contributed by atoms with Crippen LogP contribution < -0.4 is 4.18 Å². The smallest absolute Gasteiger partial charge is 0.410 e. The first-order valence-corrected chi connectivity index (χ1v) is 14.4. The Morgan fingerprint density at radius 2 is 1.45 bits per heavy atom. The van der Waals surface area contributed by atoms with Crippen molar-refractivity contribution >= 4 is 16.2 Å². The minimum atomic E-state index is -4.65. The summed E-state index contributed by atoms with van der Waals surface area (Å²) in [6.07, 6.45) is 5.22. The molecule has 2 aliphatic rings. The molecule has 1 aromatic rings. The van der Waals surface area contributed by atoms with E-state index < -0.39 is 62.4 Å². The topological polar surface area (TPSA) is 76.1 Å². The van der Waals surface area contributed by atoms with Crippen molar-refractivity contribution in [2.75, 3.05) is 31.9 Å². The summed E-state index contributed by atoms with van der Waals surface area (Å²) in [6, 6.07) is -0.302. The Morgan fingerprint density at radius 3 is 1.95 bits per heavy atom. The van der Waals surface area contributed by atoms with Gasteiger partial charge in [-0.3, -0.25) is 0 Å². The zero-order chi connectivity index (χ0) is 28.7. The fourth-order valence-corrected chi connectivity index (χ4v) is 5.30. The summed E-state index contributed by atoms with van der Waals surface area (Å²) in [6.45, 7) is 11.7. The average Bonchev–Trinajstić information content (AvgIpc) is 3.33. The highest BCUT2D eigenvalue weighted by atomic mass is 32.2. The number of rotatable bonds is 7. The van der Waals surface area contributed by atoms with Crippen molar-refractivity contribution in [3.63, 3.8) is 0 Å². The summed E-state index contributed by atoms with van der Waals surface area (Å²) in [7, 11) is -4.65. The van der Waals surface area contributed by atoms with Gasteiger partial charge in [-0.2, -0.15) is 17.2 Å². The molecule has 0 aliphatic carbocycles. The summed E-state index contributed by atoms with van der Waals surface area (Å²) in [5.41, 5.74) is -0.699. The maximum absolute atomic E-state index is 13.6. The van der Waals surface area contributed by atoms with Crippen LogP contribution in [0, 0.1) is 29.1 Å². The van der Waals surface area contributed by atoms with Gasteiger partial charge in [-0.1, -0.05) is 13.3 Å². The van der Waals surface area contributed by atoms with Crippen LogP contribution in [0.1, 0.15) is 72.6 Å². The van der Waals surface area contributed by atoms with Gasteiger partial charge in [0.15, 0.2) is 0 Å². The van der Waals surface area contributed by atoms with E-state index in [0.29, 0.717) is 19.4 Å². The molecular weight excluding hydrogens is 535 g/mol. The number of benzene rings is 1. The molecule has 2 saturated heterocycles. The quantitative estimate of drug-likeness (QED) is 0.179. The first kappa shape index (κ1) is 32.1. The Bertz CT molecular complexity index is 1030. The molecule has 0 N–H and O–H groups in total. The number of ether oxygens (including phenoxy) is 1. The maximum atomic E-state index is 13.6. The van der Waals surface area contributed by atoms with E-state index in [0.717, 1.165) is 0 Å². The molecule has 218 valence electrons. The summed E-state index contributed by atoms with van der Waals surface area (Å²) < 4.78 is 100. The Labute approximate surface area is 221 Å². The van der Waals surface area contributed by atoms with Crippen molar-refractivity contribution in [1.82, 2.24) is 9.80 Å². The lowest BCUT2D eigenvalue weighted by Crippen LogP contribution is -2.40.